The van der Waals surface area contributed by atoms with Gasteiger partial charge in [-0.3, -0.25) is 5.10 Å². The van der Waals surface area contributed by atoms with Crippen LogP contribution in [0.4, 0.5) is 0 Å². The lowest BCUT2D eigenvalue weighted by Crippen LogP contribution is -2.15. The molecule has 0 atom stereocenters. The van der Waals surface area contributed by atoms with Gasteiger partial charge in [0.05, 0.1) is 0 Å². The summed E-state index contributed by atoms with van der Waals surface area (Å²) in [6.45, 7) is 1.73. The SMILES string of the molecule is C1CCC(c2n[nH]c(C3CCOCC3)n2)CC1. The van der Waals surface area contributed by atoms with E-state index in [1.54, 1.807) is 0 Å². The first kappa shape index (κ1) is 11.2. The summed E-state index contributed by atoms with van der Waals surface area (Å²) >= 11 is 0. The van der Waals surface area contributed by atoms with Crippen molar-refractivity contribution in [2.45, 2.75) is 56.8 Å². The lowest BCUT2D eigenvalue weighted by molar-refractivity contribution is 0.0836. The maximum atomic E-state index is 5.38. The van der Waals surface area contributed by atoms with Crippen LogP contribution in [0.2, 0.25) is 0 Å². The van der Waals surface area contributed by atoms with Gasteiger partial charge in [-0.15, -0.1) is 0 Å². The van der Waals surface area contributed by atoms with Gasteiger partial charge in [0.25, 0.3) is 0 Å². The molecule has 2 aliphatic rings. The lowest BCUT2D eigenvalue weighted by atomic mass is 9.89. The fourth-order valence-electron chi connectivity index (χ4n) is 2.98. The molecule has 4 heteroatoms. The number of hydrogen-bond donors (Lipinski definition) is 1. The van der Waals surface area contributed by atoms with Gasteiger partial charge < -0.3 is 4.74 Å². The Morgan fingerprint density at radius 1 is 0.941 bits per heavy atom. The van der Waals surface area contributed by atoms with Crippen molar-refractivity contribution in [2.75, 3.05) is 13.2 Å². The maximum absolute atomic E-state index is 5.38. The molecule has 0 amide bonds. The molecule has 1 aromatic rings. The number of aromatic amines is 1. The first-order chi connectivity index (χ1) is 8.43. The topological polar surface area (TPSA) is 50.8 Å². The third-order valence-electron chi connectivity index (χ3n) is 4.10. The highest BCUT2D eigenvalue weighted by Gasteiger charge is 2.23. The molecule has 1 saturated heterocycles. The van der Waals surface area contributed by atoms with Crippen LogP contribution in [0.15, 0.2) is 0 Å². The zero-order chi connectivity index (χ0) is 11.5. The summed E-state index contributed by atoms with van der Waals surface area (Å²) in [5, 5.41) is 7.59. The Kier molecular flexibility index (Phi) is 3.41. The molecule has 1 aliphatic carbocycles. The van der Waals surface area contributed by atoms with Crippen LogP contribution < -0.4 is 0 Å². The van der Waals surface area contributed by atoms with Crippen LogP contribution in [0.25, 0.3) is 0 Å². The van der Waals surface area contributed by atoms with E-state index in [0.717, 1.165) is 37.7 Å². The first-order valence-electron chi connectivity index (χ1n) is 6.93. The van der Waals surface area contributed by atoms with Crippen molar-refractivity contribution < 1.29 is 4.74 Å². The lowest BCUT2D eigenvalue weighted by Gasteiger charge is -2.20. The van der Waals surface area contributed by atoms with Gasteiger partial charge in [-0.05, 0) is 25.7 Å². The standard InChI is InChI=1S/C13H21N3O/c1-2-4-10(5-3-1)12-14-13(16-15-12)11-6-8-17-9-7-11/h10-11H,1-9H2,(H,14,15,16). The molecule has 0 spiro atoms. The minimum atomic E-state index is 0.536. The molecule has 0 unspecified atom stereocenters. The summed E-state index contributed by atoms with van der Waals surface area (Å²) < 4.78 is 5.38. The third-order valence-corrected chi connectivity index (χ3v) is 4.10. The van der Waals surface area contributed by atoms with Crippen molar-refractivity contribution in [3.8, 4) is 0 Å². The van der Waals surface area contributed by atoms with E-state index in [-0.39, 0.29) is 0 Å². The smallest absolute Gasteiger partial charge is 0.153 e. The Labute approximate surface area is 102 Å². The van der Waals surface area contributed by atoms with Crippen molar-refractivity contribution in [2.24, 2.45) is 0 Å². The van der Waals surface area contributed by atoms with E-state index < -0.39 is 0 Å². The summed E-state index contributed by atoms with van der Waals surface area (Å²) in [5.74, 6) is 3.29. The number of H-pyrrole nitrogens is 1. The van der Waals surface area contributed by atoms with E-state index in [1.165, 1.54) is 32.1 Å². The van der Waals surface area contributed by atoms with Gasteiger partial charge in [0.15, 0.2) is 5.82 Å². The average molecular weight is 235 g/mol. The van der Waals surface area contributed by atoms with E-state index in [9.17, 15) is 0 Å². The summed E-state index contributed by atoms with van der Waals surface area (Å²) in [7, 11) is 0. The van der Waals surface area contributed by atoms with Crippen molar-refractivity contribution in [1.82, 2.24) is 15.2 Å². The maximum Gasteiger partial charge on any atom is 0.153 e. The Hall–Kier alpha value is -0.900. The van der Waals surface area contributed by atoms with Gasteiger partial charge in [0.2, 0.25) is 0 Å². The van der Waals surface area contributed by atoms with Crippen LogP contribution in [0.1, 0.15) is 68.4 Å². The quantitative estimate of drug-likeness (QED) is 0.857. The summed E-state index contributed by atoms with van der Waals surface area (Å²) in [6, 6.07) is 0. The minimum Gasteiger partial charge on any atom is -0.381 e. The van der Waals surface area contributed by atoms with Gasteiger partial charge in [0, 0.05) is 25.0 Å². The predicted molar refractivity (Wildman–Crippen MR) is 65.0 cm³/mol. The largest absolute Gasteiger partial charge is 0.381 e. The van der Waals surface area contributed by atoms with Crippen LogP contribution in [0.3, 0.4) is 0 Å². The number of hydrogen-bond acceptors (Lipinski definition) is 3. The minimum absolute atomic E-state index is 0.536. The van der Waals surface area contributed by atoms with E-state index in [1.807, 2.05) is 0 Å². The molecule has 2 fully saturated rings. The van der Waals surface area contributed by atoms with Crippen molar-refractivity contribution in [3.05, 3.63) is 11.6 Å². The number of rotatable bonds is 2. The van der Waals surface area contributed by atoms with Crippen molar-refractivity contribution in [3.63, 3.8) is 0 Å². The highest BCUT2D eigenvalue weighted by atomic mass is 16.5. The first-order valence-corrected chi connectivity index (χ1v) is 6.93. The second-order valence-electron chi connectivity index (χ2n) is 5.30. The number of nitrogens with zero attached hydrogens (tertiary/aromatic N) is 2. The van der Waals surface area contributed by atoms with Crippen LogP contribution in [0, 0.1) is 0 Å². The molecule has 94 valence electrons. The fraction of sp³-hybridized carbons (Fsp3) is 0.846. The molecule has 1 aromatic heterocycles. The van der Waals surface area contributed by atoms with E-state index in [4.69, 9.17) is 9.72 Å². The Morgan fingerprint density at radius 3 is 2.47 bits per heavy atom. The number of aromatic nitrogens is 3. The highest BCUT2D eigenvalue weighted by Crippen LogP contribution is 2.32. The van der Waals surface area contributed by atoms with Crippen LogP contribution in [-0.4, -0.2) is 28.4 Å². The van der Waals surface area contributed by atoms with Gasteiger partial charge in [0.1, 0.15) is 5.82 Å². The highest BCUT2D eigenvalue weighted by molar-refractivity contribution is 5.03. The summed E-state index contributed by atoms with van der Waals surface area (Å²) in [5.41, 5.74) is 0. The zero-order valence-electron chi connectivity index (χ0n) is 10.3. The van der Waals surface area contributed by atoms with Crippen LogP contribution >= 0.6 is 0 Å². The molecule has 0 bridgehead atoms. The Bertz CT molecular complexity index is 319. The van der Waals surface area contributed by atoms with Gasteiger partial charge in [-0.1, -0.05) is 19.3 Å². The molecular weight excluding hydrogens is 214 g/mol. The molecule has 0 radical (unpaired) electrons. The van der Waals surface area contributed by atoms with Crippen LogP contribution in [-0.2, 0) is 4.74 Å². The summed E-state index contributed by atoms with van der Waals surface area (Å²) in [6.07, 6.45) is 8.76. The number of ether oxygens (including phenoxy) is 1. The van der Waals surface area contributed by atoms with Crippen LogP contribution in [0.5, 0.6) is 0 Å². The molecule has 1 N–H and O–H groups in total. The molecule has 3 rings (SSSR count). The molecule has 4 nitrogen and oxygen atoms in total. The fourth-order valence-corrected chi connectivity index (χ4v) is 2.98. The average Bonchev–Trinajstić information content (AvgIpc) is 2.90. The molecule has 1 aliphatic heterocycles. The third kappa shape index (κ3) is 2.51. The summed E-state index contributed by atoms with van der Waals surface area (Å²) in [4.78, 5) is 4.74. The Balaban J connectivity index is 1.68. The van der Waals surface area contributed by atoms with Gasteiger partial charge >= 0.3 is 0 Å². The van der Waals surface area contributed by atoms with Crippen molar-refractivity contribution in [1.29, 1.82) is 0 Å². The second-order valence-corrected chi connectivity index (χ2v) is 5.30. The monoisotopic (exact) mass is 235 g/mol. The molecule has 2 heterocycles. The molecule has 1 saturated carbocycles. The molecule has 17 heavy (non-hydrogen) atoms. The van der Waals surface area contributed by atoms with Gasteiger partial charge in [-0.25, -0.2) is 4.98 Å². The molecular formula is C13H21N3O. The molecule has 0 aromatic carbocycles. The van der Waals surface area contributed by atoms with Crippen molar-refractivity contribution >= 4 is 0 Å². The second kappa shape index (κ2) is 5.17. The normalized spacial score (nSPS) is 24.0. The predicted octanol–water partition coefficient (Wildman–Crippen LogP) is 2.75. The van der Waals surface area contributed by atoms with Gasteiger partial charge in [-0.2, -0.15) is 5.10 Å². The Morgan fingerprint density at radius 2 is 1.71 bits per heavy atom. The number of nitrogens with one attached hydrogen (secondary N) is 1. The zero-order valence-corrected chi connectivity index (χ0v) is 10.3. The van der Waals surface area contributed by atoms with E-state index >= 15 is 0 Å². The van der Waals surface area contributed by atoms with E-state index in [0.29, 0.717) is 11.8 Å². The van der Waals surface area contributed by atoms with E-state index in [2.05, 4.69) is 10.2 Å².